The number of hydrogen-bond donors (Lipinski definition) is 1. The average molecular weight is 184 g/mol. The number of nitrogens with zero attached hydrogens (tertiary/aromatic N) is 1. The number of amides is 1. The molecule has 1 N–H and O–H groups in total. The third kappa shape index (κ3) is 1.58. The Balaban J connectivity index is 2.94. The standard InChI is InChI=1S/C8H12N2OS/c1-9-6-4-5-12-7(6)8(11)10(2)3/h4-5,9H,1-3H3. The molecule has 1 aromatic rings. The quantitative estimate of drug-likeness (QED) is 0.755. The summed E-state index contributed by atoms with van der Waals surface area (Å²) in [5.74, 6) is 0.0503. The van der Waals surface area contributed by atoms with Crippen LogP contribution < -0.4 is 5.32 Å². The second-order valence-electron chi connectivity index (χ2n) is 2.61. The molecule has 0 spiro atoms. The molecule has 1 heterocycles. The Hall–Kier alpha value is -1.03. The van der Waals surface area contributed by atoms with E-state index in [9.17, 15) is 4.79 Å². The minimum Gasteiger partial charge on any atom is -0.387 e. The fraction of sp³-hybridized carbons (Fsp3) is 0.375. The zero-order chi connectivity index (χ0) is 9.14. The highest BCUT2D eigenvalue weighted by molar-refractivity contribution is 7.12. The monoisotopic (exact) mass is 184 g/mol. The van der Waals surface area contributed by atoms with E-state index in [2.05, 4.69) is 5.32 Å². The van der Waals surface area contributed by atoms with Crippen molar-refractivity contribution < 1.29 is 4.79 Å². The van der Waals surface area contributed by atoms with Gasteiger partial charge >= 0.3 is 0 Å². The molecule has 0 fully saturated rings. The van der Waals surface area contributed by atoms with Gasteiger partial charge in [-0.2, -0.15) is 0 Å². The topological polar surface area (TPSA) is 32.3 Å². The van der Waals surface area contributed by atoms with Crippen LogP contribution >= 0.6 is 11.3 Å². The van der Waals surface area contributed by atoms with Crippen LogP contribution in [0.15, 0.2) is 11.4 Å². The molecule has 1 rings (SSSR count). The van der Waals surface area contributed by atoms with Crippen LogP contribution in [0.3, 0.4) is 0 Å². The predicted octanol–water partition coefficient (Wildman–Crippen LogP) is 1.49. The van der Waals surface area contributed by atoms with Gasteiger partial charge in [0.1, 0.15) is 4.88 Å². The van der Waals surface area contributed by atoms with E-state index in [-0.39, 0.29) is 5.91 Å². The Labute approximate surface area is 76.0 Å². The normalized spacial score (nSPS) is 9.58. The molecular formula is C8H12N2OS. The van der Waals surface area contributed by atoms with Gasteiger partial charge in [0.05, 0.1) is 5.69 Å². The van der Waals surface area contributed by atoms with Crippen molar-refractivity contribution in [3.8, 4) is 0 Å². The van der Waals surface area contributed by atoms with Gasteiger partial charge in [-0.1, -0.05) is 0 Å². The molecule has 0 aromatic carbocycles. The first-order chi connectivity index (χ1) is 5.66. The summed E-state index contributed by atoms with van der Waals surface area (Å²) in [4.78, 5) is 13.8. The molecule has 0 aliphatic rings. The molecule has 0 saturated heterocycles. The largest absolute Gasteiger partial charge is 0.387 e. The lowest BCUT2D eigenvalue weighted by Gasteiger charge is -2.09. The van der Waals surface area contributed by atoms with Crippen LogP contribution in [0.4, 0.5) is 5.69 Å². The maximum atomic E-state index is 11.5. The highest BCUT2D eigenvalue weighted by Crippen LogP contribution is 2.22. The molecule has 1 amide bonds. The van der Waals surface area contributed by atoms with Crippen LogP contribution in [-0.2, 0) is 0 Å². The molecule has 0 aliphatic heterocycles. The molecule has 12 heavy (non-hydrogen) atoms. The zero-order valence-electron chi connectivity index (χ0n) is 7.42. The molecule has 3 nitrogen and oxygen atoms in total. The van der Waals surface area contributed by atoms with Gasteiger partial charge in [-0.25, -0.2) is 0 Å². The number of rotatable bonds is 2. The SMILES string of the molecule is CNc1ccsc1C(=O)N(C)C. The Morgan fingerprint density at radius 1 is 1.58 bits per heavy atom. The van der Waals surface area contributed by atoms with E-state index in [1.54, 1.807) is 19.0 Å². The van der Waals surface area contributed by atoms with Crippen molar-refractivity contribution in [2.45, 2.75) is 0 Å². The van der Waals surface area contributed by atoms with Crippen molar-refractivity contribution in [2.24, 2.45) is 0 Å². The summed E-state index contributed by atoms with van der Waals surface area (Å²) in [6.45, 7) is 0. The lowest BCUT2D eigenvalue weighted by atomic mass is 10.3. The van der Waals surface area contributed by atoms with E-state index in [1.165, 1.54) is 11.3 Å². The lowest BCUT2D eigenvalue weighted by molar-refractivity contribution is 0.0833. The van der Waals surface area contributed by atoms with Gasteiger partial charge < -0.3 is 10.2 Å². The van der Waals surface area contributed by atoms with Crippen LogP contribution in [0.1, 0.15) is 9.67 Å². The van der Waals surface area contributed by atoms with Crippen LogP contribution in [-0.4, -0.2) is 32.0 Å². The Kier molecular flexibility index (Phi) is 2.70. The van der Waals surface area contributed by atoms with E-state index in [0.29, 0.717) is 0 Å². The molecule has 0 aliphatic carbocycles. The van der Waals surface area contributed by atoms with Crippen molar-refractivity contribution in [2.75, 3.05) is 26.5 Å². The first-order valence-corrected chi connectivity index (χ1v) is 4.51. The molecule has 0 unspecified atom stereocenters. The summed E-state index contributed by atoms with van der Waals surface area (Å²) in [7, 11) is 5.32. The van der Waals surface area contributed by atoms with Crippen LogP contribution in [0, 0.1) is 0 Å². The molecule has 66 valence electrons. The Morgan fingerprint density at radius 2 is 2.25 bits per heavy atom. The maximum absolute atomic E-state index is 11.5. The van der Waals surface area contributed by atoms with E-state index < -0.39 is 0 Å². The molecule has 0 saturated carbocycles. The van der Waals surface area contributed by atoms with E-state index >= 15 is 0 Å². The van der Waals surface area contributed by atoms with Gasteiger partial charge in [-0.3, -0.25) is 4.79 Å². The van der Waals surface area contributed by atoms with E-state index in [0.717, 1.165) is 10.6 Å². The number of thiophene rings is 1. The third-order valence-electron chi connectivity index (χ3n) is 1.53. The molecule has 0 bridgehead atoms. The first kappa shape index (κ1) is 9.06. The molecule has 4 heteroatoms. The van der Waals surface area contributed by atoms with Gasteiger partial charge in [0, 0.05) is 21.1 Å². The Bertz CT molecular complexity index is 280. The fourth-order valence-corrected chi connectivity index (χ4v) is 1.80. The van der Waals surface area contributed by atoms with Crippen molar-refractivity contribution >= 4 is 22.9 Å². The minimum absolute atomic E-state index is 0.0503. The number of carbonyl (C=O) groups is 1. The molecule has 0 radical (unpaired) electrons. The number of carbonyl (C=O) groups excluding carboxylic acids is 1. The van der Waals surface area contributed by atoms with Gasteiger partial charge in [0.25, 0.3) is 5.91 Å². The summed E-state index contributed by atoms with van der Waals surface area (Å²) in [5.41, 5.74) is 0.902. The summed E-state index contributed by atoms with van der Waals surface area (Å²) >= 11 is 1.46. The molecule has 1 aromatic heterocycles. The zero-order valence-corrected chi connectivity index (χ0v) is 8.23. The Morgan fingerprint density at radius 3 is 2.75 bits per heavy atom. The first-order valence-electron chi connectivity index (χ1n) is 3.63. The van der Waals surface area contributed by atoms with Crippen molar-refractivity contribution in [1.82, 2.24) is 4.90 Å². The number of nitrogens with one attached hydrogen (secondary N) is 1. The van der Waals surface area contributed by atoms with E-state index in [1.807, 2.05) is 18.5 Å². The van der Waals surface area contributed by atoms with Crippen molar-refractivity contribution in [1.29, 1.82) is 0 Å². The second-order valence-corrected chi connectivity index (χ2v) is 3.53. The number of hydrogen-bond acceptors (Lipinski definition) is 3. The van der Waals surface area contributed by atoms with E-state index in [4.69, 9.17) is 0 Å². The summed E-state index contributed by atoms with van der Waals surface area (Å²) in [5, 5.41) is 4.88. The molecule has 0 atom stereocenters. The maximum Gasteiger partial charge on any atom is 0.265 e. The van der Waals surface area contributed by atoms with Crippen molar-refractivity contribution in [3.05, 3.63) is 16.3 Å². The average Bonchev–Trinajstić information content (AvgIpc) is 2.49. The second kappa shape index (κ2) is 3.58. The summed E-state index contributed by atoms with van der Waals surface area (Å²) in [6, 6.07) is 1.90. The van der Waals surface area contributed by atoms with Gasteiger partial charge in [-0.15, -0.1) is 11.3 Å². The highest BCUT2D eigenvalue weighted by Gasteiger charge is 2.13. The van der Waals surface area contributed by atoms with Crippen LogP contribution in [0.25, 0.3) is 0 Å². The van der Waals surface area contributed by atoms with Crippen LogP contribution in [0.2, 0.25) is 0 Å². The molecular weight excluding hydrogens is 172 g/mol. The lowest BCUT2D eigenvalue weighted by Crippen LogP contribution is -2.21. The minimum atomic E-state index is 0.0503. The fourth-order valence-electron chi connectivity index (χ4n) is 0.875. The smallest absolute Gasteiger partial charge is 0.265 e. The predicted molar refractivity (Wildman–Crippen MR) is 51.9 cm³/mol. The van der Waals surface area contributed by atoms with Gasteiger partial charge in [-0.05, 0) is 11.4 Å². The highest BCUT2D eigenvalue weighted by atomic mass is 32.1. The van der Waals surface area contributed by atoms with Gasteiger partial charge in [0.15, 0.2) is 0 Å². The number of anilines is 1. The summed E-state index contributed by atoms with van der Waals surface area (Å²) in [6.07, 6.45) is 0. The van der Waals surface area contributed by atoms with Crippen molar-refractivity contribution in [3.63, 3.8) is 0 Å². The van der Waals surface area contributed by atoms with Gasteiger partial charge in [0.2, 0.25) is 0 Å². The third-order valence-corrected chi connectivity index (χ3v) is 2.44. The van der Waals surface area contributed by atoms with Crippen LogP contribution in [0.5, 0.6) is 0 Å². The summed E-state index contributed by atoms with van der Waals surface area (Å²) < 4.78 is 0.